The summed E-state index contributed by atoms with van der Waals surface area (Å²) >= 11 is 1.66. The van der Waals surface area contributed by atoms with Crippen molar-refractivity contribution >= 4 is 61.6 Å². The number of aryl methyl sites for hydroxylation is 4. The number of hydrogen-bond donors (Lipinski definition) is 3. The van der Waals surface area contributed by atoms with E-state index in [-0.39, 0.29) is 77.7 Å². The molecular formula is C115H105N19O7Ru3S. The Hall–Kier alpha value is -16.0. The number of fused-ring (bicyclic) bond motifs is 3. The number of carboxylic acid groups (broad SMARTS) is 3. The second-order valence-corrected chi connectivity index (χ2v) is 32.6. The van der Waals surface area contributed by atoms with E-state index in [4.69, 9.17) is 24.7 Å². The third kappa shape index (κ3) is 38.1. The number of benzene rings is 3. The van der Waals surface area contributed by atoms with Crippen molar-refractivity contribution in [3.05, 3.63) is 570 Å². The molecule has 0 amide bonds. The molecule has 0 aliphatic carbocycles. The smallest absolute Gasteiger partial charge is 0.665 e. The number of carbonyl (C=O) groups is 3. The molecule has 0 radical (unpaired) electrons. The summed E-state index contributed by atoms with van der Waals surface area (Å²) in [5, 5.41) is 77.2. The van der Waals surface area contributed by atoms with E-state index in [0.29, 0.717) is 12.3 Å². The van der Waals surface area contributed by atoms with Crippen LogP contribution in [0.5, 0.6) is 0 Å². The van der Waals surface area contributed by atoms with Gasteiger partial charge in [0.25, 0.3) is 0 Å². The molecule has 145 heavy (non-hydrogen) atoms. The van der Waals surface area contributed by atoms with Gasteiger partial charge >= 0.3 is 76.3 Å². The average molecular weight is 2200 g/mol. The van der Waals surface area contributed by atoms with E-state index >= 15 is 0 Å². The Bertz CT molecular complexity index is 6000. The Balaban J connectivity index is 0.000000170. The second-order valence-electron chi connectivity index (χ2n) is 31.6. The van der Waals surface area contributed by atoms with Crippen molar-refractivity contribution < 1.29 is 92.6 Å². The third-order valence-electron chi connectivity index (χ3n) is 21.0. The van der Waals surface area contributed by atoms with Crippen LogP contribution in [-0.2, 0) is 92.2 Å². The Morgan fingerprint density at radius 2 is 0.621 bits per heavy atom. The quantitative estimate of drug-likeness (QED) is 0.0445. The van der Waals surface area contributed by atoms with Crippen LogP contribution in [0.3, 0.4) is 0 Å². The molecule has 9 aromatic rings. The van der Waals surface area contributed by atoms with E-state index in [1.807, 2.05) is 323 Å². The molecule has 6 aromatic heterocycles. The first kappa shape index (κ1) is 111. The maximum absolute atomic E-state index is 10.6. The standard InChI is InChI=1S/C19H21N3O2.C18H18N2O3.C18H18N2O2S.6C10H8N2.3Ru/c1-14-10-11-20-16(13-14)19-21-15-7-4-5-8-17(15)22(19)12-6-2-3-9-18(23)24;2*21-17(22)9-3-1-2-6-13-10-11-19-15(12-13)18-20-14-7-4-5-8-16(14)23-18;6*1-3-7-11-9(5-1)10-6-2-4-8-12-10;;;/h4-5,7-8,10-11,13H,2-3,6,9,12H2,1H3,(H,23,24);2*4-5,7-8,10-12H,1-3,6,9H2,(H,21,22);6*1-8H;;;/q;;;6*-2;3*+4. The van der Waals surface area contributed by atoms with Gasteiger partial charge in [-0.2, -0.15) is 143 Å². The van der Waals surface area contributed by atoms with Gasteiger partial charge in [0.2, 0.25) is 5.89 Å². The van der Waals surface area contributed by atoms with E-state index < -0.39 is 17.9 Å². The van der Waals surface area contributed by atoms with Crippen LogP contribution < -0.4 is 0 Å². The van der Waals surface area contributed by atoms with E-state index in [2.05, 4.69) is 111 Å². The van der Waals surface area contributed by atoms with Gasteiger partial charge < -0.3 is 88.1 Å². The Kier molecular flexibility index (Phi) is 48.3. The molecule has 26 nitrogen and oxygen atoms in total. The molecule has 0 atom stereocenters. The minimum absolute atomic E-state index is 0. The molecule has 0 spiro atoms. The molecule has 0 saturated heterocycles. The minimum atomic E-state index is -0.729. The molecule has 18 heterocycles. The summed E-state index contributed by atoms with van der Waals surface area (Å²) in [5.74, 6) is -0.774. The summed E-state index contributed by atoms with van der Waals surface area (Å²) in [6, 6.07) is 35.9. The molecule has 0 bridgehead atoms. The van der Waals surface area contributed by atoms with Crippen LogP contribution in [-0.4, -0.2) is 67.7 Å². The van der Waals surface area contributed by atoms with Crippen LogP contribution in [0.4, 0.5) is 0 Å². The topological polar surface area (TPSA) is 377 Å². The molecule has 12 aliphatic rings. The molecule has 12 aliphatic heterocycles. The number of thiazole rings is 1. The second kappa shape index (κ2) is 63.0. The fourth-order valence-electron chi connectivity index (χ4n) is 14.1. The molecular weight excluding hydrogens is 2090 g/mol. The van der Waals surface area contributed by atoms with Crippen LogP contribution >= 0.6 is 11.3 Å². The number of oxazole rings is 1. The molecule has 0 unspecified atom stereocenters. The summed E-state index contributed by atoms with van der Waals surface area (Å²) in [4.78, 5) is 58.7. The zero-order valence-electron chi connectivity index (χ0n) is 79.4. The Morgan fingerprint density at radius 1 is 0.310 bits per heavy atom. The first-order chi connectivity index (χ1) is 69.9. The van der Waals surface area contributed by atoms with Crippen molar-refractivity contribution in [2.24, 2.45) is 0 Å². The molecule has 3 aromatic carbocycles. The number of imidazole rings is 1. The van der Waals surface area contributed by atoms with E-state index in [9.17, 15) is 14.4 Å². The first-order valence-corrected chi connectivity index (χ1v) is 47.3. The number of nitrogens with zero attached hydrogens (tertiary/aromatic N) is 19. The van der Waals surface area contributed by atoms with E-state index in [1.54, 1.807) is 98.1 Å². The molecule has 732 valence electrons. The number of allylic oxidation sites excluding steroid dienone is 36. The number of carboxylic acids is 3. The predicted molar refractivity (Wildman–Crippen MR) is 575 cm³/mol. The SMILES string of the molecule is C1=C[N-]C(=C2C=CC=C[N-]2)C=C1.C1=C[N-]C(=C2C=CC=C[N-]2)C=C1.C1=C[N-]C(=C2C=CC=C[N-]2)C=C1.C1=C[N-]C(=C2C=CC=C[N-]2)C=C1.C1=C[N-]C(=C2C=CC=C[N-]2)C=C1.C1=C[N-]C(=C2C=CC=C[N-]2)C=C1.Cc1ccnc(-c2nc3ccccc3n2CCCCCC(=O)O)c1.O=C(O)CCCCCc1ccnc(-c2nc3ccccc3o2)c1.O=C(O)CCCCCc1ccnc(-c2nc3ccccc3s2)c1.[Ru+4].[Ru+4].[Ru+4]. The van der Waals surface area contributed by atoms with Gasteiger partial charge in [0.1, 0.15) is 21.9 Å². The van der Waals surface area contributed by atoms with Crippen molar-refractivity contribution in [2.45, 2.75) is 103 Å². The summed E-state index contributed by atoms with van der Waals surface area (Å²) in [6.45, 7) is 2.86. The maximum atomic E-state index is 10.6. The molecule has 21 rings (SSSR count). The number of unbranched alkanes of at least 4 members (excludes halogenated alkanes) is 6. The number of aromatic nitrogens is 7. The number of hydrogen-bond acceptors (Lipinski definition) is 11. The van der Waals surface area contributed by atoms with Gasteiger partial charge in [-0.1, -0.05) is 274 Å². The zero-order valence-corrected chi connectivity index (χ0v) is 85.4. The van der Waals surface area contributed by atoms with Gasteiger partial charge in [-0.05, 0) is 148 Å². The van der Waals surface area contributed by atoms with Crippen LogP contribution in [0.15, 0.2) is 494 Å². The minimum Gasteiger partial charge on any atom is -0.665 e. The van der Waals surface area contributed by atoms with Crippen molar-refractivity contribution in [1.82, 2.24) is 34.5 Å². The van der Waals surface area contributed by atoms with E-state index in [0.717, 1.165) is 206 Å². The largest absolute Gasteiger partial charge is 4.00 e. The number of pyridine rings is 3. The van der Waals surface area contributed by atoms with Crippen molar-refractivity contribution in [3.63, 3.8) is 0 Å². The van der Waals surface area contributed by atoms with Crippen LogP contribution in [0.1, 0.15) is 93.7 Å². The number of para-hydroxylation sites is 5. The average Bonchev–Trinajstić information content (AvgIpc) is 1.64. The van der Waals surface area contributed by atoms with Crippen molar-refractivity contribution in [3.8, 4) is 33.8 Å². The maximum Gasteiger partial charge on any atom is 4.00 e. The predicted octanol–water partition coefficient (Wildman–Crippen LogP) is 31.3. The molecule has 30 heteroatoms. The van der Waals surface area contributed by atoms with Gasteiger partial charge in [-0.25, -0.2) is 15.0 Å². The first-order valence-electron chi connectivity index (χ1n) is 46.5. The van der Waals surface area contributed by atoms with Gasteiger partial charge in [0.05, 0.1) is 26.9 Å². The summed E-state index contributed by atoms with van der Waals surface area (Å²) in [5.41, 5.74) is 21.7. The normalized spacial score (nSPS) is 17.9. The fraction of sp³-hybridized carbons (Fsp3) is 0.139. The van der Waals surface area contributed by atoms with Gasteiger partial charge in [0, 0.05) is 44.4 Å². The van der Waals surface area contributed by atoms with E-state index in [1.165, 1.54) is 10.3 Å². The molecule has 3 N–H and O–H groups in total. The van der Waals surface area contributed by atoms with Crippen molar-refractivity contribution in [2.75, 3.05) is 0 Å². The van der Waals surface area contributed by atoms with Crippen LogP contribution in [0.25, 0.3) is 130 Å². The number of aliphatic carboxylic acids is 3. The monoisotopic (exact) mass is 2200 g/mol. The van der Waals surface area contributed by atoms with Gasteiger partial charge in [0.15, 0.2) is 11.4 Å². The van der Waals surface area contributed by atoms with Gasteiger partial charge in [-0.3, -0.25) is 29.3 Å². The zero-order chi connectivity index (χ0) is 98.4. The van der Waals surface area contributed by atoms with Crippen LogP contribution in [0, 0.1) is 6.92 Å². The number of rotatable bonds is 21. The van der Waals surface area contributed by atoms with Gasteiger partial charge in [-0.15, -0.1) is 11.3 Å². The summed E-state index contributed by atoms with van der Waals surface area (Å²) < 4.78 is 9.10. The Morgan fingerprint density at radius 3 is 0.959 bits per heavy atom. The molecule has 0 fully saturated rings. The van der Waals surface area contributed by atoms with Crippen LogP contribution in [0.2, 0.25) is 0 Å². The third-order valence-corrected chi connectivity index (χ3v) is 22.1. The summed E-state index contributed by atoms with van der Waals surface area (Å²) in [7, 11) is 0. The summed E-state index contributed by atoms with van der Waals surface area (Å²) in [6.07, 6.45) is 107. The fourth-order valence-corrected chi connectivity index (χ4v) is 15.0. The Labute approximate surface area is 888 Å². The van der Waals surface area contributed by atoms with Crippen molar-refractivity contribution in [1.29, 1.82) is 0 Å². The molecule has 0 saturated carbocycles.